The van der Waals surface area contributed by atoms with Gasteiger partial charge in [0.05, 0.1) is 16.9 Å². The minimum absolute atomic E-state index is 0.0177. The molecule has 2 atom stereocenters. The molecule has 1 aliphatic heterocycles. The Bertz CT molecular complexity index is 1360. The largest absolute Gasteiger partial charge is 0.349 e. The molecule has 0 fully saturated rings. The predicted octanol–water partition coefficient (Wildman–Crippen LogP) is 4.79. The summed E-state index contributed by atoms with van der Waals surface area (Å²) in [6.45, 7) is 8.67. The lowest BCUT2D eigenvalue weighted by Crippen LogP contribution is -2.43. The standard InChI is InChI=1S/C31H35FN4O2/c1-5-33-27-20(2)31(28(37)35-27)16-23-15-21(18-34-25(23)17-31)9-8-14-36(29(38)30(3,4)19-32)26-13-12-22-10-6-7-11-24(22)26/h5-11,15,18,26,33H,1,12-14,16-17,19H2,2-4H3,(H,35,37)/b9-8+. The van der Waals surface area contributed by atoms with E-state index in [1.165, 1.54) is 5.56 Å². The van der Waals surface area contributed by atoms with Crippen LogP contribution in [0.3, 0.4) is 0 Å². The fourth-order valence-electron chi connectivity index (χ4n) is 6.00. The lowest BCUT2D eigenvalue weighted by molar-refractivity contribution is -0.143. The Kier molecular flexibility index (Phi) is 6.72. The van der Waals surface area contributed by atoms with E-state index in [-0.39, 0.29) is 17.9 Å². The molecule has 3 aliphatic rings. The highest BCUT2D eigenvalue weighted by Gasteiger charge is 2.51. The second-order valence-electron chi connectivity index (χ2n) is 11.2. The molecule has 1 spiro atoms. The first kappa shape index (κ1) is 25.9. The van der Waals surface area contributed by atoms with E-state index in [1.54, 1.807) is 20.0 Å². The molecule has 2 N–H and O–H groups in total. The SMILES string of the molecule is C=CNC1=C(C)C2(Cc3cc(/C=C/CN(C(=O)C(C)(C)CF)C4CCc5ccccc54)cnc3C2)C(=O)N1. The van der Waals surface area contributed by atoms with Crippen molar-refractivity contribution in [2.45, 2.75) is 52.5 Å². The molecule has 2 heterocycles. The molecule has 2 aliphatic carbocycles. The highest BCUT2D eigenvalue weighted by Crippen LogP contribution is 2.45. The molecule has 2 aromatic rings. The third kappa shape index (κ3) is 4.34. The molecule has 6 nitrogen and oxygen atoms in total. The number of hydrogen-bond acceptors (Lipinski definition) is 4. The highest BCUT2D eigenvalue weighted by molar-refractivity contribution is 5.92. The first-order valence-corrected chi connectivity index (χ1v) is 13.2. The Morgan fingerprint density at radius 2 is 2.11 bits per heavy atom. The first-order chi connectivity index (χ1) is 18.2. The van der Waals surface area contributed by atoms with Gasteiger partial charge in [0.2, 0.25) is 11.8 Å². The molecule has 0 saturated heterocycles. The molecule has 38 heavy (non-hydrogen) atoms. The number of aryl methyl sites for hydroxylation is 1. The lowest BCUT2D eigenvalue weighted by atomic mass is 9.79. The van der Waals surface area contributed by atoms with Crippen LogP contribution in [-0.2, 0) is 28.9 Å². The second kappa shape index (κ2) is 9.86. The van der Waals surface area contributed by atoms with Crippen LogP contribution in [0.1, 0.15) is 61.2 Å². The van der Waals surface area contributed by atoms with E-state index < -0.39 is 17.5 Å². The van der Waals surface area contributed by atoms with E-state index in [1.807, 2.05) is 42.3 Å². The summed E-state index contributed by atoms with van der Waals surface area (Å²) in [7, 11) is 0. The molecular formula is C31H35FN4O2. The molecule has 1 aromatic carbocycles. The molecule has 0 saturated carbocycles. The number of carbonyl (C=O) groups is 2. The fourth-order valence-corrected chi connectivity index (χ4v) is 6.00. The van der Waals surface area contributed by atoms with E-state index in [4.69, 9.17) is 0 Å². The average molecular weight is 515 g/mol. The maximum Gasteiger partial charge on any atom is 0.236 e. The van der Waals surface area contributed by atoms with E-state index in [9.17, 15) is 14.0 Å². The Hall–Kier alpha value is -3.74. The van der Waals surface area contributed by atoms with E-state index in [2.05, 4.69) is 40.4 Å². The van der Waals surface area contributed by atoms with Gasteiger partial charge in [0, 0.05) is 24.9 Å². The number of fused-ring (bicyclic) bond motifs is 2. The molecule has 2 unspecified atom stereocenters. The summed E-state index contributed by atoms with van der Waals surface area (Å²) < 4.78 is 13.8. The molecular weight excluding hydrogens is 479 g/mol. The highest BCUT2D eigenvalue weighted by atomic mass is 19.1. The van der Waals surface area contributed by atoms with Crippen LogP contribution in [0.2, 0.25) is 0 Å². The van der Waals surface area contributed by atoms with Crippen LogP contribution in [-0.4, -0.2) is 34.9 Å². The van der Waals surface area contributed by atoms with Crippen molar-refractivity contribution in [2.75, 3.05) is 13.2 Å². The summed E-state index contributed by atoms with van der Waals surface area (Å²) in [6.07, 6.45) is 10.2. The van der Waals surface area contributed by atoms with Crippen LogP contribution in [0, 0.1) is 10.8 Å². The van der Waals surface area contributed by atoms with Gasteiger partial charge >= 0.3 is 0 Å². The summed E-state index contributed by atoms with van der Waals surface area (Å²) in [4.78, 5) is 32.9. The third-order valence-electron chi connectivity index (χ3n) is 8.32. The van der Waals surface area contributed by atoms with Gasteiger partial charge in [-0.3, -0.25) is 14.6 Å². The quantitative estimate of drug-likeness (QED) is 0.532. The number of alkyl halides is 1. The van der Waals surface area contributed by atoms with Crippen LogP contribution in [0.15, 0.2) is 66.8 Å². The van der Waals surface area contributed by atoms with Gasteiger partial charge in [0.1, 0.15) is 12.5 Å². The van der Waals surface area contributed by atoms with Crippen molar-refractivity contribution in [1.29, 1.82) is 0 Å². The maximum absolute atomic E-state index is 13.8. The van der Waals surface area contributed by atoms with Crippen molar-refractivity contribution in [2.24, 2.45) is 10.8 Å². The Labute approximate surface area is 223 Å². The van der Waals surface area contributed by atoms with Crippen molar-refractivity contribution < 1.29 is 14.0 Å². The van der Waals surface area contributed by atoms with Crippen molar-refractivity contribution in [3.05, 3.63) is 94.7 Å². The molecule has 2 amide bonds. The lowest BCUT2D eigenvalue weighted by Gasteiger charge is -2.34. The fraction of sp³-hybridized carbons (Fsp3) is 0.387. The number of amides is 2. The molecule has 0 radical (unpaired) electrons. The smallest absolute Gasteiger partial charge is 0.236 e. The molecule has 5 rings (SSSR count). The maximum atomic E-state index is 13.8. The molecule has 1 aromatic heterocycles. The number of pyridine rings is 1. The van der Waals surface area contributed by atoms with E-state index >= 15 is 0 Å². The Morgan fingerprint density at radius 1 is 1.32 bits per heavy atom. The topological polar surface area (TPSA) is 74.3 Å². The minimum Gasteiger partial charge on any atom is -0.349 e. The molecule has 7 heteroatoms. The van der Waals surface area contributed by atoms with Crippen molar-refractivity contribution in [1.82, 2.24) is 20.5 Å². The number of halogens is 1. The van der Waals surface area contributed by atoms with Crippen LogP contribution in [0.25, 0.3) is 6.08 Å². The van der Waals surface area contributed by atoms with Gasteiger partial charge in [-0.15, -0.1) is 0 Å². The zero-order valence-corrected chi connectivity index (χ0v) is 22.3. The van der Waals surface area contributed by atoms with Crippen molar-refractivity contribution in [3.8, 4) is 0 Å². The number of nitrogens with zero attached hydrogens (tertiary/aromatic N) is 2. The number of benzene rings is 1. The summed E-state index contributed by atoms with van der Waals surface area (Å²) in [5.41, 5.74) is 4.56. The number of rotatable bonds is 8. The van der Waals surface area contributed by atoms with Gasteiger partial charge in [-0.2, -0.15) is 0 Å². The number of carbonyl (C=O) groups excluding carboxylic acids is 2. The molecule has 0 bridgehead atoms. The number of aromatic nitrogens is 1. The van der Waals surface area contributed by atoms with Crippen molar-refractivity contribution in [3.63, 3.8) is 0 Å². The van der Waals surface area contributed by atoms with Gasteiger partial charge in [-0.1, -0.05) is 43.0 Å². The van der Waals surface area contributed by atoms with Gasteiger partial charge in [-0.25, -0.2) is 4.39 Å². The summed E-state index contributed by atoms with van der Waals surface area (Å²) in [5.74, 6) is 0.502. The van der Waals surface area contributed by atoms with Gasteiger partial charge in [0.15, 0.2) is 0 Å². The normalized spacial score (nSPS) is 22.1. The second-order valence-corrected chi connectivity index (χ2v) is 11.2. The van der Waals surface area contributed by atoms with Crippen LogP contribution in [0.5, 0.6) is 0 Å². The summed E-state index contributed by atoms with van der Waals surface area (Å²) in [6, 6.07) is 10.2. The number of hydrogen-bond donors (Lipinski definition) is 2. The summed E-state index contributed by atoms with van der Waals surface area (Å²) >= 11 is 0. The van der Waals surface area contributed by atoms with E-state index in [0.717, 1.165) is 40.8 Å². The van der Waals surface area contributed by atoms with Crippen LogP contribution < -0.4 is 10.6 Å². The first-order valence-electron chi connectivity index (χ1n) is 13.2. The van der Waals surface area contributed by atoms with E-state index in [0.29, 0.717) is 25.2 Å². The predicted molar refractivity (Wildman–Crippen MR) is 146 cm³/mol. The zero-order chi connectivity index (χ0) is 27.1. The average Bonchev–Trinajstić information content (AvgIpc) is 3.57. The van der Waals surface area contributed by atoms with Gasteiger partial charge in [-0.05, 0) is 80.1 Å². The minimum atomic E-state index is -1.08. The zero-order valence-electron chi connectivity index (χ0n) is 22.3. The summed E-state index contributed by atoms with van der Waals surface area (Å²) in [5, 5.41) is 5.98. The monoisotopic (exact) mass is 514 g/mol. The van der Waals surface area contributed by atoms with Crippen LogP contribution in [0.4, 0.5) is 4.39 Å². The van der Waals surface area contributed by atoms with Gasteiger partial charge in [0.25, 0.3) is 0 Å². The Morgan fingerprint density at radius 3 is 2.87 bits per heavy atom. The Balaban J connectivity index is 1.36. The van der Waals surface area contributed by atoms with Gasteiger partial charge < -0.3 is 15.5 Å². The van der Waals surface area contributed by atoms with Crippen LogP contribution >= 0.6 is 0 Å². The number of nitrogens with one attached hydrogen (secondary N) is 2. The van der Waals surface area contributed by atoms with Crippen molar-refractivity contribution >= 4 is 17.9 Å². The third-order valence-corrected chi connectivity index (χ3v) is 8.32. The molecule has 198 valence electrons.